The zero-order chi connectivity index (χ0) is 5.28. The lowest BCUT2D eigenvalue weighted by atomic mass is 10.0. The second kappa shape index (κ2) is 3.28. The van der Waals surface area contributed by atoms with Gasteiger partial charge in [-0.25, -0.2) is 0 Å². The maximum atomic E-state index is 5.37. The molecule has 0 bridgehead atoms. The maximum Gasteiger partial charge on any atom is 0.00311 e. The third kappa shape index (κ3) is 1.62. The molecule has 2 N–H and O–H groups in total. The highest BCUT2D eigenvalue weighted by atomic mass is 35.5. The molecule has 1 heterocycles. The summed E-state index contributed by atoms with van der Waals surface area (Å²) in [4.78, 5) is 2.28. The van der Waals surface area contributed by atoms with E-state index >= 15 is 0 Å². The fourth-order valence-electron chi connectivity index (χ4n) is 0.977. The van der Waals surface area contributed by atoms with Crippen molar-refractivity contribution < 1.29 is 0 Å². The standard InChI is InChI=1S/C5H12N2.ClH/c1-7-3-5(2-6)4-7;/h5H,2-4,6H2,1H3;1H. The monoisotopic (exact) mass is 136 g/mol. The predicted molar refractivity (Wildman–Crippen MR) is 37.3 cm³/mol. The molecule has 0 aliphatic carbocycles. The SMILES string of the molecule is CN1CC(CN)C1.Cl. The van der Waals surface area contributed by atoms with Crippen LogP contribution >= 0.6 is 12.4 Å². The summed E-state index contributed by atoms with van der Waals surface area (Å²) in [6.07, 6.45) is 0. The molecule has 1 rings (SSSR count). The summed E-state index contributed by atoms with van der Waals surface area (Å²) in [5, 5.41) is 0. The Bertz CT molecular complexity index is 61.4. The van der Waals surface area contributed by atoms with Gasteiger partial charge in [-0.15, -0.1) is 12.4 Å². The normalized spacial score (nSPS) is 21.8. The number of nitrogens with two attached hydrogens (primary N) is 1. The molecule has 0 atom stereocenters. The van der Waals surface area contributed by atoms with Crippen LogP contribution < -0.4 is 5.73 Å². The Kier molecular flexibility index (Phi) is 3.36. The van der Waals surface area contributed by atoms with E-state index in [1.807, 2.05) is 0 Å². The smallest absolute Gasteiger partial charge is 0.00311 e. The Labute approximate surface area is 56.4 Å². The van der Waals surface area contributed by atoms with E-state index in [0.29, 0.717) is 0 Å². The van der Waals surface area contributed by atoms with Gasteiger partial charge in [0.05, 0.1) is 0 Å². The summed E-state index contributed by atoms with van der Waals surface area (Å²) in [5.74, 6) is 0.796. The van der Waals surface area contributed by atoms with Crippen molar-refractivity contribution in [2.45, 2.75) is 0 Å². The average Bonchev–Trinajstić information content (AvgIpc) is 1.58. The summed E-state index contributed by atoms with van der Waals surface area (Å²) in [5.41, 5.74) is 5.37. The van der Waals surface area contributed by atoms with E-state index in [2.05, 4.69) is 11.9 Å². The molecule has 0 aromatic carbocycles. The quantitative estimate of drug-likeness (QED) is 0.547. The van der Waals surface area contributed by atoms with E-state index in [1.54, 1.807) is 0 Å². The van der Waals surface area contributed by atoms with Gasteiger partial charge in [0.15, 0.2) is 0 Å². The minimum Gasteiger partial charge on any atom is -0.330 e. The molecular weight excluding hydrogens is 124 g/mol. The number of hydrogen-bond donors (Lipinski definition) is 1. The van der Waals surface area contributed by atoms with Crippen molar-refractivity contribution >= 4 is 12.4 Å². The molecule has 0 unspecified atom stereocenters. The summed E-state index contributed by atoms with van der Waals surface area (Å²) < 4.78 is 0. The maximum absolute atomic E-state index is 5.37. The van der Waals surface area contributed by atoms with Crippen molar-refractivity contribution in [2.24, 2.45) is 11.7 Å². The summed E-state index contributed by atoms with van der Waals surface area (Å²) >= 11 is 0. The number of hydrogen-bond acceptors (Lipinski definition) is 2. The summed E-state index contributed by atoms with van der Waals surface area (Å²) in [6, 6.07) is 0. The zero-order valence-corrected chi connectivity index (χ0v) is 5.95. The van der Waals surface area contributed by atoms with Crippen LogP contribution in [-0.2, 0) is 0 Å². The Balaban J connectivity index is 0.000000490. The van der Waals surface area contributed by atoms with Gasteiger partial charge < -0.3 is 10.6 Å². The van der Waals surface area contributed by atoms with Crippen molar-refractivity contribution in [3.8, 4) is 0 Å². The van der Waals surface area contributed by atoms with Gasteiger partial charge in [0.1, 0.15) is 0 Å². The van der Waals surface area contributed by atoms with Crippen LogP contribution in [0.1, 0.15) is 0 Å². The molecule has 1 aliphatic rings. The van der Waals surface area contributed by atoms with Gasteiger partial charge in [0.2, 0.25) is 0 Å². The molecule has 0 spiro atoms. The largest absolute Gasteiger partial charge is 0.330 e. The van der Waals surface area contributed by atoms with Crippen LogP contribution in [-0.4, -0.2) is 31.6 Å². The van der Waals surface area contributed by atoms with Gasteiger partial charge in [-0.3, -0.25) is 0 Å². The Morgan fingerprint density at radius 3 is 2.25 bits per heavy atom. The minimum atomic E-state index is 0. The number of likely N-dealkylation sites (tertiary alicyclic amines) is 1. The van der Waals surface area contributed by atoms with Crippen molar-refractivity contribution in [3.63, 3.8) is 0 Å². The van der Waals surface area contributed by atoms with Crippen LogP contribution in [0.2, 0.25) is 0 Å². The average molecular weight is 137 g/mol. The van der Waals surface area contributed by atoms with Crippen molar-refractivity contribution in [1.82, 2.24) is 4.90 Å². The highest BCUT2D eigenvalue weighted by molar-refractivity contribution is 5.85. The molecule has 0 saturated carbocycles. The van der Waals surface area contributed by atoms with Crippen LogP contribution in [0.25, 0.3) is 0 Å². The first-order valence-corrected chi connectivity index (χ1v) is 2.71. The Morgan fingerprint density at radius 1 is 1.62 bits per heavy atom. The number of nitrogens with zero attached hydrogens (tertiary/aromatic N) is 1. The van der Waals surface area contributed by atoms with Crippen LogP contribution in [0.3, 0.4) is 0 Å². The van der Waals surface area contributed by atoms with E-state index < -0.39 is 0 Å². The Hall–Kier alpha value is 0.210. The lowest BCUT2D eigenvalue weighted by Crippen LogP contribution is -2.47. The molecule has 2 nitrogen and oxygen atoms in total. The van der Waals surface area contributed by atoms with E-state index in [9.17, 15) is 0 Å². The molecule has 1 aliphatic heterocycles. The van der Waals surface area contributed by atoms with E-state index in [1.165, 1.54) is 13.1 Å². The van der Waals surface area contributed by atoms with Gasteiger partial charge in [-0.05, 0) is 19.5 Å². The zero-order valence-electron chi connectivity index (χ0n) is 5.13. The van der Waals surface area contributed by atoms with Crippen molar-refractivity contribution in [2.75, 3.05) is 26.7 Å². The van der Waals surface area contributed by atoms with Crippen LogP contribution in [0, 0.1) is 5.92 Å². The van der Waals surface area contributed by atoms with Crippen LogP contribution in [0.15, 0.2) is 0 Å². The molecule has 0 radical (unpaired) electrons. The summed E-state index contributed by atoms with van der Waals surface area (Å²) in [6.45, 7) is 3.28. The summed E-state index contributed by atoms with van der Waals surface area (Å²) in [7, 11) is 2.12. The first-order chi connectivity index (χ1) is 3.33. The molecule has 8 heavy (non-hydrogen) atoms. The van der Waals surface area contributed by atoms with Gasteiger partial charge in [-0.1, -0.05) is 0 Å². The third-order valence-corrected chi connectivity index (χ3v) is 1.47. The first-order valence-electron chi connectivity index (χ1n) is 2.71. The minimum absolute atomic E-state index is 0. The van der Waals surface area contributed by atoms with Crippen molar-refractivity contribution in [1.29, 1.82) is 0 Å². The van der Waals surface area contributed by atoms with Crippen LogP contribution in [0.4, 0.5) is 0 Å². The van der Waals surface area contributed by atoms with E-state index in [4.69, 9.17) is 5.73 Å². The van der Waals surface area contributed by atoms with Gasteiger partial charge >= 0.3 is 0 Å². The fourth-order valence-corrected chi connectivity index (χ4v) is 0.977. The number of halogens is 1. The van der Waals surface area contributed by atoms with Gasteiger partial charge in [0.25, 0.3) is 0 Å². The molecular formula is C5H13ClN2. The predicted octanol–water partition coefficient (Wildman–Crippen LogP) is -0.0715. The molecule has 3 heteroatoms. The highest BCUT2D eigenvalue weighted by Gasteiger charge is 2.20. The second-order valence-electron chi connectivity index (χ2n) is 2.32. The second-order valence-corrected chi connectivity index (χ2v) is 2.32. The Morgan fingerprint density at radius 2 is 2.12 bits per heavy atom. The molecule has 0 aromatic heterocycles. The van der Waals surface area contributed by atoms with Crippen molar-refractivity contribution in [3.05, 3.63) is 0 Å². The lowest BCUT2D eigenvalue weighted by molar-refractivity contribution is 0.141. The highest BCUT2D eigenvalue weighted by Crippen LogP contribution is 2.09. The molecule has 0 aromatic rings. The topological polar surface area (TPSA) is 29.3 Å². The van der Waals surface area contributed by atoms with E-state index in [-0.39, 0.29) is 12.4 Å². The lowest BCUT2D eigenvalue weighted by Gasteiger charge is -2.35. The van der Waals surface area contributed by atoms with E-state index in [0.717, 1.165) is 12.5 Å². The third-order valence-electron chi connectivity index (χ3n) is 1.47. The number of rotatable bonds is 1. The fraction of sp³-hybridized carbons (Fsp3) is 1.00. The first kappa shape index (κ1) is 8.21. The molecule has 1 saturated heterocycles. The molecule has 0 amide bonds. The van der Waals surface area contributed by atoms with Crippen LogP contribution in [0.5, 0.6) is 0 Å². The molecule has 50 valence electrons. The molecule has 1 fully saturated rings. The van der Waals surface area contributed by atoms with Gasteiger partial charge in [-0.2, -0.15) is 0 Å². The van der Waals surface area contributed by atoms with Gasteiger partial charge in [0, 0.05) is 13.1 Å².